The lowest BCUT2D eigenvalue weighted by molar-refractivity contribution is 0.0338. The number of hydrogen-bond donors (Lipinski definition) is 1. The first-order valence-electron chi connectivity index (χ1n) is 11.3. The first-order valence-corrected chi connectivity index (χ1v) is 11.3. The number of methoxy groups -OCH3 is 3. The molecule has 0 aliphatic carbocycles. The van der Waals surface area contributed by atoms with Crippen LogP contribution in [0.1, 0.15) is 33.9 Å². The molecule has 172 valence electrons. The normalized spacial score (nSPS) is 20.8. The zero-order chi connectivity index (χ0) is 22.2. The van der Waals surface area contributed by atoms with E-state index in [0.717, 1.165) is 69.3 Å². The summed E-state index contributed by atoms with van der Waals surface area (Å²) in [4.78, 5) is 4.89. The highest BCUT2D eigenvalue weighted by molar-refractivity contribution is 5.57. The van der Waals surface area contributed by atoms with Crippen LogP contribution < -0.4 is 14.2 Å². The Kier molecular flexibility index (Phi) is 5.88. The van der Waals surface area contributed by atoms with Crippen molar-refractivity contribution in [2.45, 2.75) is 32.0 Å². The van der Waals surface area contributed by atoms with Gasteiger partial charge in [-0.3, -0.25) is 9.80 Å². The van der Waals surface area contributed by atoms with E-state index in [-0.39, 0.29) is 11.8 Å². The molecule has 32 heavy (non-hydrogen) atoms. The van der Waals surface area contributed by atoms with E-state index in [1.807, 2.05) is 6.07 Å². The maximum atomic E-state index is 11.0. The van der Waals surface area contributed by atoms with E-state index in [0.29, 0.717) is 12.3 Å². The molecule has 2 aromatic rings. The fraction of sp³-hybridized carbons (Fsp3) is 0.520. The first-order chi connectivity index (χ1) is 15.6. The minimum absolute atomic E-state index is 0.252. The number of benzene rings is 2. The molecule has 0 bridgehead atoms. The van der Waals surface area contributed by atoms with Crippen LogP contribution in [0.5, 0.6) is 23.0 Å². The molecule has 0 amide bonds. The highest BCUT2D eigenvalue weighted by Crippen LogP contribution is 2.47. The van der Waals surface area contributed by atoms with E-state index in [1.54, 1.807) is 21.3 Å². The predicted octanol–water partition coefficient (Wildman–Crippen LogP) is 2.91. The van der Waals surface area contributed by atoms with E-state index in [4.69, 9.17) is 18.9 Å². The third-order valence-corrected chi connectivity index (χ3v) is 7.17. The zero-order valence-electron chi connectivity index (χ0n) is 19.1. The van der Waals surface area contributed by atoms with Crippen LogP contribution in [0.4, 0.5) is 0 Å². The molecule has 0 saturated carbocycles. The summed E-state index contributed by atoms with van der Waals surface area (Å²) < 4.78 is 22.2. The Labute approximate surface area is 189 Å². The number of phenols is 1. The van der Waals surface area contributed by atoms with E-state index in [9.17, 15) is 5.11 Å². The SMILES string of the molecule is COc1cc2c(cc1OC)C1Cc3c(CN4CCOCC4)cc(OC)c(O)c3CN1CC2. The van der Waals surface area contributed by atoms with Crippen LogP contribution in [-0.2, 0) is 30.7 Å². The molecule has 1 atom stereocenters. The molecule has 3 aliphatic rings. The minimum Gasteiger partial charge on any atom is -0.504 e. The van der Waals surface area contributed by atoms with Gasteiger partial charge in [-0.25, -0.2) is 0 Å². The summed E-state index contributed by atoms with van der Waals surface area (Å²) in [5, 5.41) is 11.0. The number of aromatic hydroxyl groups is 1. The van der Waals surface area contributed by atoms with Crippen molar-refractivity contribution in [3.05, 3.63) is 46.0 Å². The molecule has 2 aromatic carbocycles. The smallest absolute Gasteiger partial charge is 0.162 e. The third-order valence-electron chi connectivity index (χ3n) is 7.17. The molecular formula is C25H32N2O5. The second-order valence-corrected chi connectivity index (χ2v) is 8.78. The van der Waals surface area contributed by atoms with Crippen LogP contribution in [0.15, 0.2) is 18.2 Å². The van der Waals surface area contributed by atoms with Crippen LogP contribution in [0.2, 0.25) is 0 Å². The molecule has 1 unspecified atom stereocenters. The largest absolute Gasteiger partial charge is 0.504 e. The molecule has 3 heterocycles. The maximum absolute atomic E-state index is 11.0. The zero-order valence-corrected chi connectivity index (χ0v) is 19.1. The van der Waals surface area contributed by atoms with Crippen molar-refractivity contribution < 1.29 is 24.1 Å². The van der Waals surface area contributed by atoms with Crippen molar-refractivity contribution in [3.8, 4) is 23.0 Å². The number of hydrogen-bond acceptors (Lipinski definition) is 7. The van der Waals surface area contributed by atoms with E-state index < -0.39 is 0 Å². The Bertz CT molecular complexity index is 1000. The molecule has 7 nitrogen and oxygen atoms in total. The molecular weight excluding hydrogens is 408 g/mol. The summed E-state index contributed by atoms with van der Waals surface area (Å²) in [6.07, 6.45) is 1.81. The van der Waals surface area contributed by atoms with Crippen LogP contribution in [0.25, 0.3) is 0 Å². The van der Waals surface area contributed by atoms with Crippen LogP contribution in [0.3, 0.4) is 0 Å². The topological polar surface area (TPSA) is 63.6 Å². The lowest BCUT2D eigenvalue weighted by Gasteiger charge is -2.43. The average Bonchev–Trinajstić information content (AvgIpc) is 2.84. The van der Waals surface area contributed by atoms with Crippen LogP contribution in [0, 0.1) is 0 Å². The minimum atomic E-state index is 0.252. The monoisotopic (exact) mass is 440 g/mol. The van der Waals surface area contributed by atoms with Gasteiger partial charge < -0.3 is 24.1 Å². The highest BCUT2D eigenvalue weighted by atomic mass is 16.5. The van der Waals surface area contributed by atoms with Gasteiger partial charge in [0, 0.05) is 44.3 Å². The van der Waals surface area contributed by atoms with E-state index >= 15 is 0 Å². The van der Waals surface area contributed by atoms with Crippen molar-refractivity contribution in [2.24, 2.45) is 0 Å². The Morgan fingerprint density at radius 1 is 0.938 bits per heavy atom. The van der Waals surface area contributed by atoms with Crippen molar-refractivity contribution >= 4 is 0 Å². The summed E-state index contributed by atoms with van der Waals surface area (Å²) in [5.41, 5.74) is 6.11. The molecule has 3 aliphatic heterocycles. The van der Waals surface area contributed by atoms with E-state index in [1.165, 1.54) is 22.3 Å². The molecule has 7 heteroatoms. The number of ether oxygens (including phenoxy) is 4. The molecule has 0 aromatic heterocycles. The number of rotatable bonds is 5. The molecule has 1 saturated heterocycles. The maximum Gasteiger partial charge on any atom is 0.162 e. The molecule has 1 fully saturated rings. The van der Waals surface area contributed by atoms with Crippen molar-refractivity contribution in [2.75, 3.05) is 54.2 Å². The molecule has 0 spiro atoms. The average molecular weight is 441 g/mol. The quantitative estimate of drug-likeness (QED) is 0.767. The Balaban J connectivity index is 1.55. The predicted molar refractivity (Wildman–Crippen MR) is 121 cm³/mol. The van der Waals surface area contributed by atoms with Gasteiger partial charge in [0.2, 0.25) is 0 Å². The Hall–Kier alpha value is -2.48. The number of phenolic OH excluding ortho intramolecular Hbond substituents is 1. The Morgan fingerprint density at radius 3 is 2.38 bits per heavy atom. The third kappa shape index (κ3) is 3.68. The van der Waals surface area contributed by atoms with Gasteiger partial charge >= 0.3 is 0 Å². The van der Waals surface area contributed by atoms with Gasteiger partial charge in [-0.1, -0.05) is 0 Å². The van der Waals surface area contributed by atoms with Crippen molar-refractivity contribution in [1.29, 1.82) is 0 Å². The standard InChI is InChI=1S/C25H32N2O5/c1-29-22-10-16-4-5-27-15-20-18(12-21(27)19(16)13-23(22)30-2)17(11-24(31-3)25(20)28)14-26-6-8-32-9-7-26/h10-11,13,21,28H,4-9,12,14-15H2,1-3H3. The van der Waals surface area contributed by atoms with Gasteiger partial charge in [-0.15, -0.1) is 0 Å². The summed E-state index contributed by atoms with van der Waals surface area (Å²) in [6.45, 7) is 5.88. The van der Waals surface area contributed by atoms with Gasteiger partial charge in [0.05, 0.1) is 34.5 Å². The fourth-order valence-corrected chi connectivity index (χ4v) is 5.43. The van der Waals surface area contributed by atoms with Crippen LogP contribution >= 0.6 is 0 Å². The molecule has 5 rings (SSSR count). The summed E-state index contributed by atoms with van der Waals surface area (Å²) >= 11 is 0. The first kappa shape index (κ1) is 21.4. The molecule has 1 N–H and O–H groups in total. The second-order valence-electron chi connectivity index (χ2n) is 8.78. The van der Waals surface area contributed by atoms with Crippen LogP contribution in [-0.4, -0.2) is 69.1 Å². The second kappa shape index (κ2) is 8.81. The van der Waals surface area contributed by atoms with Gasteiger partial charge in [0.1, 0.15) is 0 Å². The van der Waals surface area contributed by atoms with E-state index in [2.05, 4.69) is 21.9 Å². The number of morpholine rings is 1. The lowest BCUT2D eigenvalue weighted by atomic mass is 9.81. The summed E-state index contributed by atoms with van der Waals surface area (Å²) in [7, 11) is 5.00. The molecule has 0 radical (unpaired) electrons. The van der Waals surface area contributed by atoms with Gasteiger partial charge in [-0.2, -0.15) is 0 Å². The van der Waals surface area contributed by atoms with Gasteiger partial charge in [-0.05, 0) is 53.3 Å². The number of nitrogens with zero attached hydrogens (tertiary/aromatic N) is 2. The van der Waals surface area contributed by atoms with Crippen molar-refractivity contribution in [3.63, 3.8) is 0 Å². The Morgan fingerprint density at radius 2 is 1.66 bits per heavy atom. The highest BCUT2D eigenvalue weighted by Gasteiger charge is 2.36. The van der Waals surface area contributed by atoms with Gasteiger partial charge in [0.15, 0.2) is 23.0 Å². The number of fused-ring (bicyclic) bond motifs is 4. The summed E-state index contributed by atoms with van der Waals surface area (Å²) in [5.74, 6) is 2.40. The fourth-order valence-electron chi connectivity index (χ4n) is 5.43. The van der Waals surface area contributed by atoms with Crippen molar-refractivity contribution in [1.82, 2.24) is 9.80 Å². The van der Waals surface area contributed by atoms with Gasteiger partial charge in [0.25, 0.3) is 0 Å². The lowest BCUT2D eigenvalue weighted by Crippen LogP contribution is -2.40. The summed E-state index contributed by atoms with van der Waals surface area (Å²) in [6, 6.07) is 6.54.